The maximum Gasteiger partial charge on any atom is 0.268 e. The molecule has 9 heteroatoms. The minimum atomic E-state index is -4.57. The minimum Gasteiger partial charge on any atom is -0.756 e. The van der Waals surface area contributed by atoms with Gasteiger partial charge in [-0.05, 0) is 19.3 Å². The number of allylic oxidation sites excluding steroid dienone is 1. The van der Waals surface area contributed by atoms with Crippen molar-refractivity contribution in [3.8, 4) is 0 Å². The Morgan fingerprint density at radius 3 is 1.53 bits per heavy atom. The first-order valence-electron chi connectivity index (χ1n) is 20.6. The Bertz CT molecular complexity index is 819. The summed E-state index contributed by atoms with van der Waals surface area (Å²) in [7, 11) is 1.26. The van der Waals surface area contributed by atoms with Gasteiger partial charge in [0.15, 0.2) is 0 Å². The van der Waals surface area contributed by atoms with Crippen LogP contribution >= 0.6 is 7.82 Å². The number of nitrogens with one attached hydrogen (secondary N) is 1. The molecule has 0 bridgehead atoms. The first-order chi connectivity index (χ1) is 23.5. The molecule has 3 atom stereocenters. The fourth-order valence-electron chi connectivity index (χ4n) is 5.92. The number of hydrogen-bond donors (Lipinski definition) is 2. The third-order valence-corrected chi connectivity index (χ3v) is 10.2. The van der Waals surface area contributed by atoms with Crippen LogP contribution in [0, 0.1) is 0 Å². The molecule has 0 radical (unpaired) electrons. The van der Waals surface area contributed by atoms with E-state index in [9.17, 15) is 19.4 Å². The molecule has 2 N–H and O–H groups in total. The van der Waals surface area contributed by atoms with Gasteiger partial charge in [0.1, 0.15) is 13.2 Å². The first-order valence-corrected chi connectivity index (χ1v) is 22.0. The fraction of sp³-hybridized carbons (Fsp3) is 0.925. The average Bonchev–Trinajstić information content (AvgIpc) is 3.04. The molecule has 0 spiro atoms. The molecule has 0 heterocycles. The van der Waals surface area contributed by atoms with Crippen LogP contribution in [0.4, 0.5) is 0 Å². The SMILES string of the molecule is CCCCCCCCCCCCCCCCCCCCC/C=C/C(O)C(COP(=O)([O-])OCC[N+](C)(C)C)NC(=O)CCCCCCCC. The molecular weight excluding hydrogens is 635 g/mol. The van der Waals surface area contributed by atoms with Gasteiger partial charge >= 0.3 is 0 Å². The lowest BCUT2D eigenvalue weighted by Crippen LogP contribution is -2.45. The van der Waals surface area contributed by atoms with Gasteiger partial charge in [0.05, 0.1) is 39.9 Å². The molecule has 8 nitrogen and oxygen atoms in total. The van der Waals surface area contributed by atoms with Crippen LogP contribution in [-0.2, 0) is 18.4 Å². The first kappa shape index (κ1) is 48.2. The molecule has 0 aliphatic rings. The second kappa shape index (κ2) is 33.1. The van der Waals surface area contributed by atoms with Crippen molar-refractivity contribution in [1.29, 1.82) is 0 Å². The minimum absolute atomic E-state index is 0.00122. The third-order valence-electron chi connectivity index (χ3n) is 9.25. The van der Waals surface area contributed by atoms with Crippen molar-refractivity contribution in [3.63, 3.8) is 0 Å². The van der Waals surface area contributed by atoms with Gasteiger partial charge in [-0.2, -0.15) is 0 Å². The van der Waals surface area contributed by atoms with Crippen molar-refractivity contribution >= 4 is 13.7 Å². The number of carbonyl (C=O) groups excluding carboxylic acids is 1. The number of nitrogens with zero attached hydrogens (tertiary/aromatic N) is 1. The number of aliphatic hydroxyl groups is 1. The summed E-state index contributed by atoms with van der Waals surface area (Å²) in [6, 6.07) is -0.877. The highest BCUT2D eigenvalue weighted by atomic mass is 31.2. The molecule has 0 aromatic carbocycles. The zero-order valence-corrected chi connectivity index (χ0v) is 33.8. The predicted octanol–water partition coefficient (Wildman–Crippen LogP) is 10.2. The van der Waals surface area contributed by atoms with Crippen molar-refractivity contribution in [2.75, 3.05) is 40.9 Å². The molecule has 0 saturated heterocycles. The highest BCUT2D eigenvalue weighted by Crippen LogP contribution is 2.38. The van der Waals surface area contributed by atoms with E-state index >= 15 is 0 Å². The number of phosphoric ester groups is 1. The van der Waals surface area contributed by atoms with E-state index in [0.717, 1.165) is 38.5 Å². The summed E-state index contributed by atoms with van der Waals surface area (Å²) in [4.78, 5) is 25.0. The Morgan fingerprint density at radius 2 is 1.10 bits per heavy atom. The number of phosphoric acid groups is 1. The molecule has 49 heavy (non-hydrogen) atoms. The highest BCUT2D eigenvalue weighted by molar-refractivity contribution is 7.45. The molecule has 0 fully saturated rings. The monoisotopic (exact) mass is 717 g/mol. The van der Waals surface area contributed by atoms with Crippen molar-refractivity contribution < 1.29 is 32.9 Å². The largest absolute Gasteiger partial charge is 0.756 e. The lowest BCUT2D eigenvalue weighted by atomic mass is 10.0. The van der Waals surface area contributed by atoms with Gasteiger partial charge in [0, 0.05) is 6.42 Å². The van der Waals surface area contributed by atoms with E-state index in [4.69, 9.17) is 9.05 Å². The van der Waals surface area contributed by atoms with Crippen LogP contribution in [0.25, 0.3) is 0 Å². The number of carbonyl (C=O) groups is 1. The van der Waals surface area contributed by atoms with E-state index in [2.05, 4.69) is 19.2 Å². The number of amides is 1. The summed E-state index contributed by atoms with van der Waals surface area (Å²) in [5, 5.41) is 13.6. The molecule has 292 valence electrons. The van der Waals surface area contributed by atoms with E-state index in [1.54, 1.807) is 6.08 Å². The van der Waals surface area contributed by atoms with Crippen LogP contribution < -0.4 is 10.2 Å². The number of likely N-dealkylation sites (N-methyl/N-ethyl adjacent to an activating group) is 1. The van der Waals surface area contributed by atoms with Crippen molar-refractivity contribution in [2.45, 2.75) is 199 Å². The Morgan fingerprint density at radius 1 is 0.694 bits per heavy atom. The van der Waals surface area contributed by atoms with Crippen molar-refractivity contribution in [2.24, 2.45) is 0 Å². The van der Waals surface area contributed by atoms with Gasteiger partial charge in [-0.15, -0.1) is 0 Å². The number of unbranched alkanes of at least 4 members (excludes halogenated alkanes) is 24. The molecule has 0 saturated carbocycles. The van der Waals surface area contributed by atoms with Gasteiger partial charge in [0.25, 0.3) is 7.82 Å². The maximum atomic E-state index is 12.6. The quantitative estimate of drug-likeness (QED) is 0.0287. The van der Waals surface area contributed by atoms with E-state index in [1.807, 2.05) is 27.2 Å². The summed E-state index contributed by atoms with van der Waals surface area (Å²) in [6.45, 7) is 4.58. The van der Waals surface area contributed by atoms with Crippen molar-refractivity contribution in [3.05, 3.63) is 12.2 Å². The topological polar surface area (TPSA) is 108 Å². The molecule has 0 aliphatic heterocycles. The lowest BCUT2D eigenvalue weighted by molar-refractivity contribution is -0.870. The standard InChI is InChI=1S/C40H81N2O6P/c1-6-8-10-12-14-15-16-17-18-19-20-21-22-23-24-25-26-27-28-29-31-33-39(43)38(41-40(44)34-32-30-13-11-9-7-2)37-48-49(45,46)47-36-35-42(3,4)5/h31,33,38-39,43H,6-30,32,34-37H2,1-5H3,(H-,41,44,45,46)/b33-31+. The van der Waals surface area contributed by atoms with Crippen LogP contribution in [-0.4, -0.2) is 68.5 Å². The molecule has 0 aromatic heterocycles. The molecule has 0 rings (SSSR count). The predicted molar refractivity (Wildman–Crippen MR) is 205 cm³/mol. The molecule has 3 unspecified atom stereocenters. The normalized spacial score (nSPS) is 14.7. The lowest BCUT2D eigenvalue weighted by Gasteiger charge is -2.29. The summed E-state index contributed by atoms with van der Waals surface area (Å²) >= 11 is 0. The van der Waals surface area contributed by atoms with Crippen LogP contribution in [0.3, 0.4) is 0 Å². The molecule has 0 aliphatic carbocycles. The summed E-state index contributed by atoms with van der Waals surface area (Å²) in [5.41, 5.74) is 0. The number of hydrogen-bond acceptors (Lipinski definition) is 6. The molecule has 0 aromatic rings. The molecular formula is C40H81N2O6P. The van der Waals surface area contributed by atoms with Gasteiger partial charge in [-0.3, -0.25) is 9.36 Å². The number of aliphatic hydroxyl groups excluding tert-OH is 1. The van der Waals surface area contributed by atoms with E-state index in [0.29, 0.717) is 17.4 Å². The Kier molecular flexibility index (Phi) is 32.6. The van der Waals surface area contributed by atoms with Crippen molar-refractivity contribution in [1.82, 2.24) is 5.32 Å². The van der Waals surface area contributed by atoms with E-state index < -0.39 is 20.0 Å². The summed E-state index contributed by atoms with van der Waals surface area (Å²) in [5.74, 6) is -0.206. The number of quaternary nitrogens is 1. The van der Waals surface area contributed by atoms with Crippen LogP contribution in [0.15, 0.2) is 12.2 Å². The van der Waals surface area contributed by atoms with Crippen LogP contribution in [0.1, 0.15) is 187 Å². The third kappa shape index (κ3) is 35.4. The van der Waals surface area contributed by atoms with Gasteiger partial charge < -0.3 is 28.8 Å². The van der Waals surface area contributed by atoms with Gasteiger partial charge in [0.2, 0.25) is 5.91 Å². The number of rotatable bonds is 37. The van der Waals surface area contributed by atoms with Crippen LogP contribution in [0.2, 0.25) is 0 Å². The van der Waals surface area contributed by atoms with Gasteiger partial charge in [-0.1, -0.05) is 174 Å². The van der Waals surface area contributed by atoms with Gasteiger partial charge in [-0.25, -0.2) is 0 Å². The Labute approximate surface area is 303 Å². The molecule has 1 amide bonds. The van der Waals surface area contributed by atoms with E-state index in [1.165, 1.54) is 128 Å². The smallest absolute Gasteiger partial charge is 0.268 e. The van der Waals surface area contributed by atoms with Crippen LogP contribution in [0.5, 0.6) is 0 Å². The second-order valence-corrected chi connectivity index (χ2v) is 16.8. The fourth-order valence-corrected chi connectivity index (χ4v) is 6.64. The maximum absolute atomic E-state index is 12.6. The zero-order chi connectivity index (χ0) is 36.5. The summed E-state index contributed by atoms with van der Waals surface area (Å²) in [6.07, 6.45) is 35.7. The highest BCUT2D eigenvalue weighted by Gasteiger charge is 2.23. The second-order valence-electron chi connectivity index (χ2n) is 15.4. The van der Waals surface area contributed by atoms with E-state index in [-0.39, 0.29) is 19.1 Å². The Hall–Kier alpha value is -0.760. The Balaban J connectivity index is 4.23. The zero-order valence-electron chi connectivity index (χ0n) is 32.9. The average molecular weight is 717 g/mol. The summed E-state index contributed by atoms with van der Waals surface area (Å²) < 4.78 is 23.0.